The van der Waals surface area contributed by atoms with E-state index in [4.69, 9.17) is 21.8 Å². The zero-order valence-electron chi connectivity index (χ0n) is 15.0. The summed E-state index contributed by atoms with van der Waals surface area (Å²) >= 11 is 6.88. The lowest BCUT2D eigenvalue weighted by Gasteiger charge is -2.27. The zero-order valence-corrected chi connectivity index (χ0v) is 18.1. The standard InChI is InChI=1S/C20H20INO3S/c1-11-8-12(2)10-14(9-11)25-18-16(13(3)22-19(23)17(18)21)20(4,26)15-6-5-7-24-15/h5-10,26H,1-4H3,(H,22,23). The van der Waals surface area contributed by atoms with Gasteiger partial charge in [-0.05, 0) is 85.7 Å². The summed E-state index contributed by atoms with van der Waals surface area (Å²) < 4.78 is 11.5. The average Bonchev–Trinajstić information content (AvgIpc) is 3.06. The maximum Gasteiger partial charge on any atom is 0.265 e. The summed E-state index contributed by atoms with van der Waals surface area (Å²) in [6.45, 7) is 7.80. The van der Waals surface area contributed by atoms with E-state index in [0.717, 1.165) is 16.7 Å². The first-order valence-electron chi connectivity index (χ1n) is 8.15. The molecule has 1 unspecified atom stereocenters. The van der Waals surface area contributed by atoms with Gasteiger partial charge in [0.1, 0.15) is 15.1 Å². The SMILES string of the molecule is Cc1cc(C)cc(Oc2c(C(C)(S)c3ccco3)c(C)[nH]c(=O)c2I)c1. The Balaban J connectivity index is 2.22. The minimum Gasteiger partial charge on any atom is -0.468 e. The number of rotatable bonds is 4. The van der Waals surface area contributed by atoms with Gasteiger partial charge in [0.2, 0.25) is 0 Å². The topological polar surface area (TPSA) is 55.2 Å². The fraction of sp³-hybridized carbons (Fsp3) is 0.250. The highest BCUT2D eigenvalue weighted by atomic mass is 127. The van der Waals surface area contributed by atoms with Crippen LogP contribution in [0.1, 0.15) is 35.1 Å². The van der Waals surface area contributed by atoms with Crippen LogP contribution in [0.2, 0.25) is 0 Å². The number of halogens is 1. The second-order valence-electron chi connectivity index (χ2n) is 6.57. The van der Waals surface area contributed by atoms with Crippen molar-refractivity contribution in [2.45, 2.75) is 32.4 Å². The van der Waals surface area contributed by atoms with Crippen LogP contribution in [0.15, 0.2) is 45.8 Å². The molecule has 136 valence electrons. The maximum absolute atomic E-state index is 12.4. The summed E-state index contributed by atoms with van der Waals surface area (Å²) in [5.74, 6) is 1.87. The number of aromatic amines is 1. The Bertz CT molecular complexity index is 986. The second-order valence-corrected chi connectivity index (χ2v) is 8.55. The van der Waals surface area contributed by atoms with Gasteiger partial charge in [0.25, 0.3) is 5.56 Å². The smallest absolute Gasteiger partial charge is 0.265 e. The summed E-state index contributed by atoms with van der Waals surface area (Å²) in [5, 5.41) is 0. The average molecular weight is 481 g/mol. The largest absolute Gasteiger partial charge is 0.468 e. The number of pyridine rings is 1. The molecule has 6 heteroatoms. The van der Waals surface area contributed by atoms with E-state index >= 15 is 0 Å². The molecule has 26 heavy (non-hydrogen) atoms. The van der Waals surface area contributed by atoms with Gasteiger partial charge in [0.15, 0.2) is 5.75 Å². The van der Waals surface area contributed by atoms with Crippen molar-refractivity contribution in [2.75, 3.05) is 0 Å². The molecule has 4 nitrogen and oxygen atoms in total. The molecule has 1 N–H and O–H groups in total. The number of furan rings is 1. The lowest BCUT2D eigenvalue weighted by Crippen LogP contribution is -2.24. The molecule has 0 aliphatic rings. The highest BCUT2D eigenvalue weighted by molar-refractivity contribution is 14.1. The molecular formula is C20H20INO3S. The quantitative estimate of drug-likeness (QED) is 0.383. The molecule has 0 fully saturated rings. The van der Waals surface area contributed by atoms with E-state index in [2.05, 4.69) is 11.1 Å². The number of nitrogens with one attached hydrogen (secondary N) is 1. The number of ether oxygens (including phenoxy) is 1. The van der Waals surface area contributed by atoms with E-state index in [0.29, 0.717) is 26.5 Å². The lowest BCUT2D eigenvalue weighted by atomic mass is 9.95. The minimum absolute atomic E-state index is 0.185. The first-order chi connectivity index (χ1) is 12.2. The number of thiol groups is 1. The highest BCUT2D eigenvalue weighted by Crippen LogP contribution is 2.44. The molecule has 1 aromatic carbocycles. The van der Waals surface area contributed by atoms with Gasteiger partial charge in [-0.1, -0.05) is 6.07 Å². The zero-order chi connectivity index (χ0) is 19.1. The Kier molecular flexibility index (Phi) is 5.25. The molecule has 0 saturated heterocycles. The molecule has 0 aliphatic carbocycles. The second kappa shape index (κ2) is 7.15. The van der Waals surface area contributed by atoms with Crippen molar-refractivity contribution in [3.8, 4) is 11.5 Å². The van der Waals surface area contributed by atoms with Crippen LogP contribution in [0.4, 0.5) is 0 Å². The number of hydrogen-bond acceptors (Lipinski definition) is 4. The number of aromatic nitrogens is 1. The molecule has 2 heterocycles. The molecule has 0 aliphatic heterocycles. The van der Waals surface area contributed by atoms with Crippen LogP contribution in [0.5, 0.6) is 11.5 Å². The maximum atomic E-state index is 12.4. The molecule has 0 amide bonds. The fourth-order valence-corrected chi connectivity index (χ4v) is 4.05. The summed E-state index contributed by atoms with van der Waals surface area (Å²) in [7, 11) is 0. The number of benzene rings is 1. The Morgan fingerprint density at radius 3 is 2.42 bits per heavy atom. The van der Waals surface area contributed by atoms with Crippen LogP contribution < -0.4 is 10.3 Å². The molecule has 0 saturated carbocycles. The van der Waals surface area contributed by atoms with Crippen LogP contribution in [-0.2, 0) is 4.75 Å². The molecule has 3 aromatic rings. The highest BCUT2D eigenvalue weighted by Gasteiger charge is 2.35. The van der Waals surface area contributed by atoms with Gasteiger partial charge in [0.05, 0.1) is 11.0 Å². The summed E-state index contributed by atoms with van der Waals surface area (Å²) in [4.78, 5) is 15.2. The molecule has 0 spiro atoms. The van der Waals surface area contributed by atoms with Gasteiger partial charge < -0.3 is 14.1 Å². The third-order valence-electron chi connectivity index (χ3n) is 4.20. The summed E-state index contributed by atoms with van der Waals surface area (Å²) in [6.07, 6.45) is 1.61. The number of hydrogen-bond donors (Lipinski definition) is 2. The number of H-pyrrole nitrogens is 1. The third kappa shape index (κ3) is 3.57. The van der Waals surface area contributed by atoms with Gasteiger partial charge in [0, 0.05) is 11.3 Å². The van der Waals surface area contributed by atoms with E-state index in [1.165, 1.54) is 0 Å². The van der Waals surface area contributed by atoms with Crippen LogP contribution in [0, 0.1) is 24.3 Å². The van der Waals surface area contributed by atoms with Crippen molar-refractivity contribution in [3.05, 3.63) is 78.7 Å². The molecular weight excluding hydrogens is 461 g/mol. The van der Waals surface area contributed by atoms with Crippen molar-refractivity contribution in [2.24, 2.45) is 0 Å². The minimum atomic E-state index is -0.772. The van der Waals surface area contributed by atoms with Gasteiger partial charge in [-0.2, -0.15) is 12.6 Å². The monoisotopic (exact) mass is 481 g/mol. The third-order valence-corrected chi connectivity index (χ3v) is 5.63. The van der Waals surface area contributed by atoms with E-state index in [1.807, 2.05) is 74.6 Å². The predicted octanol–water partition coefficient (Wildman–Crippen LogP) is 5.48. The first kappa shape index (κ1) is 19.1. The summed E-state index contributed by atoms with van der Waals surface area (Å²) in [6, 6.07) is 9.66. The normalized spacial score (nSPS) is 13.5. The summed E-state index contributed by atoms with van der Waals surface area (Å²) in [5.41, 5.74) is 3.48. The van der Waals surface area contributed by atoms with Crippen molar-refractivity contribution in [3.63, 3.8) is 0 Å². The molecule has 2 aromatic heterocycles. The van der Waals surface area contributed by atoms with Crippen LogP contribution in [0.3, 0.4) is 0 Å². The van der Waals surface area contributed by atoms with Crippen LogP contribution in [0.25, 0.3) is 0 Å². The van der Waals surface area contributed by atoms with Crippen molar-refractivity contribution >= 4 is 35.2 Å². The van der Waals surface area contributed by atoms with Gasteiger partial charge >= 0.3 is 0 Å². The molecule has 1 atom stereocenters. The van der Waals surface area contributed by atoms with E-state index in [9.17, 15) is 4.79 Å². The molecule has 0 radical (unpaired) electrons. The van der Waals surface area contributed by atoms with Gasteiger partial charge in [-0.3, -0.25) is 4.79 Å². The molecule has 0 bridgehead atoms. The predicted molar refractivity (Wildman–Crippen MR) is 115 cm³/mol. The van der Waals surface area contributed by atoms with Crippen molar-refractivity contribution in [1.82, 2.24) is 4.98 Å². The van der Waals surface area contributed by atoms with Crippen LogP contribution >= 0.6 is 35.2 Å². The Hall–Kier alpha value is -1.67. The Morgan fingerprint density at radius 1 is 1.19 bits per heavy atom. The van der Waals surface area contributed by atoms with Crippen molar-refractivity contribution < 1.29 is 9.15 Å². The Labute approximate surface area is 171 Å². The number of aryl methyl sites for hydroxylation is 3. The fourth-order valence-electron chi connectivity index (χ4n) is 3.14. The van der Waals surface area contributed by atoms with E-state index in [-0.39, 0.29) is 5.56 Å². The first-order valence-corrected chi connectivity index (χ1v) is 9.68. The lowest BCUT2D eigenvalue weighted by molar-refractivity contribution is 0.444. The Morgan fingerprint density at radius 2 is 1.85 bits per heavy atom. The van der Waals surface area contributed by atoms with E-state index in [1.54, 1.807) is 6.26 Å². The van der Waals surface area contributed by atoms with Gasteiger partial charge in [-0.15, -0.1) is 0 Å². The van der Waals surface area contributed by atoms with Crippen molar-refractivity contribution in [1.29, 1.82) is 0 Å². The van der Waals surface area contributed by atoms with Gasteiger partial charge in [-0.25, -0.2) is 0 Å². The van der Waals surface area contributed by atoms with E-state index < -0.39 is 4.75 Å². The molecule has 3 rings (SSSR count). The van der Waals surface area contributed by atoms with Crippen LogP contribution in [-0.4, -0.2) is 4.98 Å².